The summed E-state index contributed by atoms with van der Waals surface area (Å²) in [5.41, 5.74) is 1.95. The normalized spacial score (nSPS) is 15.4. The molecule has 23 heavy (non-hydrogen) atoms. The summed E-state index contributed by atoms with van der Waals surface area (Å²) >= 11 is 0. The van der Waals surface area contributed by atoms with Gasteiger partial charge in [-0.2, -0.15) is 4.98 Å². The number of piperidine rings is 1. The van der Waals surface area contributed by atoms with Gasteiger partial charge in [-0.1, -0.05) is 17.3 Å². The maximum Gasteiger partial charge on any atom is 0.317 e. The van der Waals surface area contributed by atoms with Crippen LogP contribution in [0.25, 0.3) is 11.4 Å². The van der Waals surface area contributed by atoms with E-state index in [-0.39, 0.29) is 6.03 Å². The van der Waals surface area contributed by atoms with E-state index in [0.29, 0.717) is 18.4 Å². The summed E-state index contributed by atoms with van der Waals surface area (Å²) in [6.07, 6.45) is 3.19. The minimum absolute atomic E-state index is 0.0325. The topological polar surface area (TPSA) is 83.3 Å². The number of anilines is 1. The van der Waals surface area contributed by atoms with Crippen molar-refractivity contribution in [3.8, 4) is 11.4 Å². The Balaban J connectivity index is 1.57. The average Bonchev–Trinajstić information content (AvgIpc) is 3.11. The van der Waals surface area contributed by atoms with Gasteiger partial charge in [0.05, 0.1) is 0 Å². The first-order chi connectivity index (χ1) is 11.3. The quantitative estimate of drug-likeness (QED) is 0.905. The molecule has 1 aromatic carbocycles. The Bertz CT molecular complexity index is 636. The number of hydrogen-bond donors (Lipinski definition) is 2. The van der Waals surface area contributed by atoms with E-state index in [1.807, 2.05) is 36.1 Å². The zero-order valence-electron chi connectivity index (χ0n) is 13.2. The molecule has 2 aromatic rings. The molecule has 0 bridgehead atoms. The lowest BCUT2D eigenvalue weighted by Crippen LogP contribution is -2.46. The largest absolute Gasteiger partial charge is 0.382 e. The molecule has 1 aliphatic rings. The number of likely N-dealkylation sites (tertiary alicyclic amines) is 1. The molecule has 1 saturated heterocycles. The number of nitrogens with one attached hydrogen (secondary N) is 2. The fraction of sp³-hybridized carbons (Fsp3) is 0.438. The van der Waals surface area contributed by atoms with Gasteiger partial charge >= 0.3 is 6.03 Å². The average molecular weight is 315 g/mol. The number of rotatable bonds is 4. The lowest BCUT2D eigenvalue weighted by Gasteiger charge is -2.32. The molecule has 0 saturated carbocycles. The van der Waals surface area contributed by atoms with Crippen molar-refractivity contribution in [1.29, 1.82) is 0 Å². The van der Waals surface area contributed by atoms with Crippen molar-refractivity contribution in [3.63, 3.8) is 0 Å². The summed E-state index contributed by atoms with van der Waals surface area (Å²) in [7, 11) is 0. The monoisotopic (exact) mass is 315 g/mol. The molecular formula is C16H21N5O2. The van der Waals surface area contributed by atoms with Gasteiger partial charge in [-0.05, 0) is 31.9 Å². The molecule has 2 heterocycles. The molecule has 3 rings (SSSR count). The molecule has 0 unspecified atom stereocenters. The van der Waals surface area contributed by atoms with E-state index in [4.69, 9.17) is 4.52 Å². The van der Waals surface area contributed by atoms with E-state index in [2.05, 4.69) is 20.8 Å². The number of carbonyl (C=O) groups is 1. The molecule has 2 N–H and O–H groups in total. The number of aromatic nitrogens is 2. The molecule has 7 nitrogen and oxygen atoms in total. The highest BCUT2D eigenvalue weighted by atomic mass is 16.5. The third-order valence-electron chi connectivity index (χ3n) is 3.96. The Labute approximate surface area is 135 Å². The third kappa shape index (κ3) is 3.80. The third-order valence-corrected chi connectivity index (χ3v) is 3.96. The van der Waals surface area contributed by atoms with Crippen LogP contribution in [0.3, 0.4) is 0 Å². The highest BCUT2D eigenvalue weighted by Gasteiger charge is 2.22. The van der Waals surface area contributed by atoms with E-state index < -0.39 is 0 Å². The van der Waals surface area contributed by atoms with Crippen LogP contribution in [-0.2, 0) is 0 Å². The van der Waals surface area contributed by atoms with Crippen LogP contribution in [0.1, 0.15) is 19.8 Å². The van der Waals surface area contributed by atoms with E-state index in [0.717, 1.165) is 37.2 Å². The lowest BCUT2D eigenvalue weighted by atomic mass is 10.0. The lowest BCUT2D eigenvalue weighted by molar-refractivity contribution is 0.184. The van der Waals surface area contributed by atoms with Crippen molar-refractivity contribution < 1.29 is 9.32 Å². The van der Waals surface area contributed by atoms with Crippen molar-refractivity contribution >= 4 is 11.7 Å². The van der Waals surface area contributed by atoms with E-state index in [1.54, 1.807) is 0 Å². The van der Waals surface area contributed by atoms with Crippen LogP contribution >= 0.6 is 0 Å². The summed E-state index contributed by atoms with van der Waals surface area (Å²) < 4.78 is 4.79. The van der Waals surface area contributed by atoms with Gasteiger partial charge in [-0.15, -0.1) is 0 Å². The molecule has 0 aliphatic carbocycles. The molecule has 1 fully saturated rings. The van der Waals surface area contributed by atoms with Gasteiger partial charge in [-0.25, -0.2) is 4.79 Å². The fourth-order valence-corrected chi connectivity index (χ4v) is 2.77. The van der Waals surface area contributed by atoms with Gasteiger partial charge in [0.25, 0.3) is 0 Å². The van der Waals surface area contributed by atoms with Crippen LogP contribution in [0.2, 0.25) is 0 Å². The first-order valence-electron chi connectivity index (χ1n) is 7.92. The predicted octanol–water partition coefficient (Wildman–Crippen LogP) is 2.34. The van der Waals surface area contributed by atoms with Crippen molar-refractivity contribution in [2.45, 2.75) is 25.8 Å². The van der Waals surface area contributed by atoms with Gasteiger partial charge in [0, 0.05) is 36.9 Å². The Morgan fingerprint density at radius 1 is 1.39 bits per heavy atom. The maximum atomic E-state index is 11.8. The van der Waals surface area contributed by atoms with E-state index in [9.17, 15) is 4.79 Å². The van der Waals surface area contributed by atoms with Crippen molar-refractivity contribution in [2.75, 3.05) is 25.0 Å². The summed E-state index contributed by atoms with van der Waals surface area (Å²) in [6, 6.07) is 8.36. The van der Waals surface area contributed by atoms with Gasteiger partial charge in [0.1, 0.15) is 0 Å². The first kappa shape index (κ1) is 15.3. The molecule has 2 amide bonds. The van der Waals surface area contributed by atoms with Crippen LogP contribution in [0.15, 0.2) is 35.2 Å². The molecule has 122 valence electrons. The van der Waals surface area contributed by atoms with Gasteiger partial charge in [0.2, 0.25) is 12.2 Å². The summed E-state index contributed by atoms with van der Waals surface area (Å²) in [4.78, 5) is 17.7. The Hall–Kier alpha value is -2.57. The van der Waals surface area contributed by atoms with Gasteiger partial charge < -0.3 is 20.1 Å². The minimum Gasteiger partial charge on any atom is -0.382 e. The Morgan fingerprint density at radius 2 is 2.22 bits per heavy atom. The smallest absolute Gasteiger partial charge is 0.317 e. The number of nitrogens with zero attached hydrogens (tertiary/aromatic N) is 3. The van der Waals surface area contributed by atoms with Crippen LogP contribution in [0.4, 0.5) is 10.5 Å². The highest BCUT2D eigenvalue weighted by molar-refractivity contribution is 5.74. The summed E-state index contributed by atoms with van der Waals surface area (Å²) in [6.45, 7) is 4.14. The van der Waals surface area contributed by atoms with Gasteiger partial charge in [-0.3, -0.25) is 0 Å². The van der Waals surface area contributed by atoms with Crippen molar-refractivity contribution in [1.82, 2.24) is 20.4 Å². The van der Waals surface area contributed by atoms with Crippen LogP contribution in [0, 0.1) is 0 Å². The zero-order chi connectivity index (χ0) is 16.1. The molecule has 0 spiro atoms. The standard InChI is InChI=1S/C16H21N5O2/c1-2-17-16(22)21-8-6-13(7-9-21)19-14-5-3-4-12(10-14)15-18-11-23-20-15/h3-5,10-11,13,19H,2,6-9H2,1H3,(H,17,22). The molecule has 7 heteroatoms. The molecule has 1 aromatic heterocycles. The van der Waals surface area contributed by atoms with Crippen molar-refractivity contribution in [2.24, 2.45) is 0 Å². The van der Waals surface area contributed by atoms with Crippen LogP contribution in [-0.4, -0.2) is 46.7 Å². The van der Waals surface area contributed by atoms with Gasteiger partial charge in [0.15, 0.2) is 0 Å². The number of amides is 2. The van der Waals surface area contributed by atoms with Crippen LogP contribution in [0.5, 0.6) is 0 Å². The van der Waals surface area contributed by atoms with Crippen LogP contribution < -0.4 is 10.6 Å². The molecule has 0 radical (unpaired) electrons. The molecule has 0 atom stereocenters. The number of benzene rings is 1. The minimum atomic E-state index is 0.0325. The molecular weight excluding hydrogens is 294 g/mol. The zero-order valence-corrected chi connectivity index (χ0v) is 13.2. The highest BCUT2D eigenvalue weighted by Crippen LogP contribution is 2.22. The summed E-state index contributed by atoms with van der Waals surface area (Å²) in [5.74, 6) is 0.583. The number of carbonyl (C=O) groups excluding carboxylic acids is 1. The second-order valence-electron chi connectivity index (χ2n) is 5.58. The van der Waals surface area contributed by atoms with E-state index >= 15 is 0 Å². The summed E-state index contributed by atoms with van der Waals surface area (Å²) in [5, 5.41) is 10.2. The Kier molecular flexibility index (Phi) is 4.75. The second-order valence-corrected chi connectivity index (χ2v) is 5.58. The van der Waals surface area contributed by atoms with E-state index in [1.165, 1.54) is 6.39 Å². The molecule has 1 aliphatic heterocycles. The maximum absolute atomic E-state index is 11.8. The second kappa shape index (κ2) is 7.13. The van der Waals surface area contributed by atoms with Crippen molar-refractivity contribution in [3.05, 3.63) is 30.7 Å². The first-order valence-corrected chi connectivity index (χ1v) is 7.92. The Morgan fingerprint density at radius 3 is 2.91 bits per heavy atom. The predicted molar refractivity (Wildman–Crippen MR) is 87.0 cm³/mol. The SMILES string of the molecule is CCNC(=O)N1CCC(Nc2cccc(-c3ncon3)c2)CC1. The number of urea groups is 1. The number of hydrogen-bond acceptors (Lipinski definition) is 5. The fourth-order valence-electron chi connectivity index (χ4n) is 2.77.